The van der Waals surface area contributed by atoms with Gasteiger partial charge in [0.25, 0.3) is 10.2 Å². The summed E-state index contributed by atoms with van der Waals surface area (Å²) in [4.78, 5) is 0. The quantitative estimate of drug-likeness (QED) is 0.564. The highest BCUT2D eigenvalue weighted by Gasteiger charge is 2.28. The molecule has 0 bridgehead atoms. The molecule has 3 N–H and O–H groups in total. The maximum Gasteiger partial charge on any atom is 0.276 e. The molecule has 1 atom stereocenters. The van der Waals surface area contributed by atoms with E-state index in [0.717, 1.165) is 19.4 Å². The van der Waals surface area contributed by atoms with Crippen molar-refractivity contribution in [3.05, 3.63) is 0 Å². The molecule has 0 radical (unpaired) electrons. The maximum atomic E-state index is 11.0. The zero-order chi connectivity index (χ0) is 9.95. The molecule has 1 unspecified atom stereocenters. The van der Waals surface area contributed by atoms with Crippen molar-refractivity contribution in [2.75, 3.05) is 20.1 Å². The summed E-state index contributed by atoms with van der Waals surface area (Å²) in [6, 6.07) is 0. The van der Waals surface area contributed by atoms with Crippen molar-refractivity contribution in [3.8, 4) is 0 Å². The monoisotopic (exact) mass is 207 g/mol. The molecule has 1 aliphatic rings. The van der Waals surface area contributed by atoms with Crippen molar-refractivity contribution < 1.29 is 8.42 Å². The van der Waals surface area contributed by atoms with E-state index in [1.807, 2.05) is 6.92 Å². The minimum Gasteiger partial charge on any atom is -0.310 e. The Hall–Kier alpha value is -0.170. The minimum atomic E-state index is -3.29. The SMILES string of the molecule is CNS(=O)(=O)NCC1(C)CCCN1. The molecule has 0 aromatic rings. The summed E-state index contributed by atoms with van der Waals surface area (Å²) >= 11 is 0. The van der Waals surface area contributed by atoms with Crippen LogP contribution >= 0.6 is 0 Å². The van der Waals surface area contributed by atoms with Gasteiger partial charge in [-0.3, -0.25) is 0 Å². The Kier molecular flexibility index (Phi) is 3.28. The van der Waals surface area contributed by atoms with E-state index < -0.39 is 10.2 Å². The highest BCUT2D eigenvalue weighted by Crippen LogP contribution is 2.17. The average Bonchev–Trinajstić information content (AvgIpc) is 2.50. The van der Waals surface area contributed by atoms with Gasteiger partial charge in [0, 0.05) is 19.1 Å². The fraction of sp³-hybridized carbons (Fsp3) is 1.00. The first-order valence-corrected chi connectivity index (χ1v) is 5.89. The van der Waals surface area contributed by atoms with E-state index in [-0.39, 0.29) is 5.54 Å². The number of hydrogen-bond donors (Lipinski definition) is 3. The summed E-state index contributed by atoms with van der Waals surface area (Å²) in [6.45, 7) is 3.44. The van der Waals surface area contributed by atoms with Crippen LogP contribution in [0.4, 0.5) is 0 Å². The fourth-order valence-corrected chi connectivity index (χ4v) is 2.09. The minimum absolute atomic E-state index is 0.0794. The second kappa shape index (κ2) is 3.91. The van der Waals surface area contributed by atoms with Crippen molar-refractivity contribution in [1.29, 1.82) is 0 Å². The van der Waals surface area contributed by atoms with E-state index >= 15 is 0 Å². The van der Waals surface area contributed by atoms with Crippen molar-refractivity contribution in [1.82, 2.24) is 14.8 Å². The molecule has 0 aliphatic carbocycles. The third-order valence-electron chi connectivity index (χ3n) is 2.38. The molecule has 1 saturated heterocycles. The summed E-state index contributed by atoms with van der Waals surface area (Å²) in [5.74, 6) is 0. The Balaban J connectivity index is 2.42. The zero-order valence-corrected chi connectivity index (χ0v) is 8.87. The molecule has 1 heterocycles. The van der Waals surface area contributed by atoms with E-state index in [4.69, 9.17) is 0 Å². The molecule has 0 amide bonds. The van der Waals surface area contributed by atoms with Crippen molar-refractivity contribution >= 4 is 10.2 Å². The lowest BCUT2D eigenvalue weighted by molar-refractivity contribution is 0.408. The van der Waals surface area contributed by atoms with Gasteiger partial charge in [0.15, 0.2) is 0 Å². The lowest BCUT2D eigenvalue weighted by Crippen LogP contribution is -2.49. The van der Waals surface area contributed by atoms with Gasteiger partial charge in [-0.2, -0.15) is 8.42 Å². The van der Waals surface area contributed by atoms with Crippen molar-refractivity contribution in [2.24, 2.45) is 0 Å². The van der Waals surface area contributed by atoms with E-state index in [0.29, 0.717) is 6.54 Å². The molecular formula is C7H17N3O2S. The molecule has 1 fully saturated rings. The molecule has 13 heavy (non-hydrogen) atoms. The van der Waals surface area contributed by atoms with Crippen LogP contribution in [0, 0.1) is 0 Å². The Morgan fingerprint density at radius 1 is 1.54 bits per heavy atom. The first kappa shape index (κ1) is 10.9. The normalized spacial score (nSPS) is 29.4. The predicted molar refractivity (Wildman–Crippen MR) is 51.6 cm³/mol. The summed E-state index contributed by atoms with van der Waals surface area (Å²) in [5.41, 5.74) is -0.0794. The highest BCUT2D eigenvalue weighted by molar-refractivity contribution is 7.87. The van der Waals surface area contributed by atoms with E-state index in [2.05, 4.69) is 14.8 Å². The lowest BCUT2D eigenvalue weighted by Gasteiger charge is -2.24. The topological polar surface area (TPSA) is 70.2 Å². The summed E-state index contributed by atoms with van der Waals surface area (Å²) in [5, 5.41) is 3.27. The Morgan fingerprint density at radius 2 is 2.23 bits per heavy atom. The molecule has 0 saturated carbocycles. The number of rotatable bonds is 4. The summed E-state index contributed by atoms with van der Waals surface area (Å²) in [6.07, 6.45) is 2.12. The fourth-order valence-electron chi connectivity index (χ4n) is 1.43. The highest BCUT2D eigenvalue weighted by atomic mass is 32.2. The van der Waals surface area contributed by atoms with Crippen LogP contribution in [0.15, 0.2) is 0 Å². The van der Waals surface area contributed by atoms with Gasteiger partial charge in [0.2, 0.25) is 0 Å². The van der Waals surface area contributed by atoms with Crippen LogP contribution in [0.3, 0.4) is 0 Å². The first-order chi connectivity index (χ1) is 5.97. The van der Waals surface area contributed by atoms with Crippen LogP contribution < -0.4 is 14.8 Å². The van der Waals surface area contributed by atoms with E-state index in [9.17, 15) is 8.42 Å². The second-order valence-corrected chi connectivity index (χ2v) is 5.32. The molecule has 5 nitrogen and oxygen atoms in total. The molecular weight excluding hydrogens is 190 g/mol. The standard InChI is InChI=1S/C7H17N3O2S/c1-7(4-3-5-9-7)6-10-13(11,12)8-2/h8-10H,3-6H2,1-2H3. The smallest absolute Gasteiger partial charge is 0.276 e. The van der Waals surface area contributed by atoms with Crippen LogP contribution in [0.5, 0.6) is 0 Å². The van der Waals surface area contributed by atoms with Gasteiger partial charge in [-0.1, -0.05) is 0 Å². The molecule has 0 spiro atoms. The van der Waals surface area contributed by atoms with Crippen molar-refractivity contribution in [2.45, 2.75) is 25.3 Å². The van der Waals surface area contributed by atoms with Gasteiger partial charge in [0.1, 0.15) is 0 Å². The van der Waals surface area contributed by atoms with Crippen LogP contribution in [0.1, 0.15) is 19.8 Å². The molecule has 6 heteroatoms. The van der Waals surface area contributed by atoms with Crippen molar-refractivity contribution in [3.63, 3.8) is 0 Å². The summed E-state index contributed by atoms with van der Waals surface area (Å²) < 4.78 is 26.8. The average molecular weight is 207 g/mol. The first-order valence-electron chi connectivity index (χ1n) is 4.41. The van der Waals surface area contributed by atoms with Crippen LogP contribution in [-0.2, 0) is 10.2 Å². The van der Waals surface area contributed by atoms with Gasteiger partial charge in [-0.05, 0) is 26.3 Å². The zero-order valence-electron chi connectivity index (χ0n) is 8.05. The largest absolute Gasteiger partial charge is 0.310 e. The van der Waals surface area contributed by atoms with Gasteiger partial charge < -0.3 is 5.32 Å². The predicted octanol–water partition coefficient (Wildman–Crippen LogP) is -0.818. The van der Waals surface area contributed by atoms with Crippen LogP contribution in [-0.4, -0.2) is 34.1 Å². The molecule has 1 rings (SSSR count). The Morgan fingerprint density at radius 3 is 2.69 bits per heavy atom. The van der Waals surface area contributed by atoms with Gasteiger partial charge >= 0.3 is 0 Å². The molecule has 78 valence electrons. The third kappa shape index (κ3) is 3.22. The van der Waals surface area contributed by atoms with Crippen LogP contribution in [0.25, 0.3) is 0 Å². The lowest BCUT2D eigenvalue weighted by atomic mass is 10.0. The van der Waals surface area contributed by atoms with E-state index in [1.165, 1.54) is 7.05 Å². The van der Waals surface area contributed by atoms with E-state index in [1.54, 1.807) is 0 Å². The van der Waals surface area contributed by atoms with Gasteiger partial charge in [0.05, 0.1) is 0 Å². The molecule has 0 aromatic heterocycles. The van der Waals surface area contributed by atoms with Gasteiger partial charge in [-0.25, -0.2) is 9.44 Å². The molecule has 1 aliphatic heterocycles. The Labute approximate surface area is 79.5 Å². The third-order valence-corrected chi connectivity index (χ3v) is 3.44. The number of hydrogen-bond acceptors (Lipinski definition) is 3. The summed E-state index contributed by atoms with van der Waals surface area (Å²) in [7, 11) is -1.89. The second-order valence-electron chi connectivity index (χ2n) is 3.62. The van der Waals surface area contributed by atoms with Crippen LogP contribution in [0.2, 0.25) is 0 Å². The van der Waals surface area contributed by atoms with Gasteiger partial charge in [-0.15, -0.1) is 0 Å². The number of nitrogens with one attached hydrogen (secondary N) is 3. The Bertz CT molecular complexity index is 257. The molecule has 0 aromatic carbocycles. The maximum absolute atomic E-state index is 11.0.